The molecule has 1 unspecified atom stereocenters. The van der Waals surface area contributed by atoms with E-state index in [2.05, 4.69) is 15.9 Å². The monoisotopic (exact) mass is 329 g/mol. The maximum absolute atomic E-state index is 12.0. The van der Waals surface area contributed by atoms with Gasteiger partial charge in [-0.15, -0.1) is 0 Å². The molecule has 1 aromatic rings. The summed E-state index contributed by atoms with van der Waals surface area (Å²) in [6.07, 6.45) is -4.58. The van der Waals surface area contributed by atoms with Gasteiger partial charge in [0, 0.05) is 16.9 Å². The molecule has 0 aliphatic heterocycles. The van der Waals surface area contributed by atoms with E-state index in [4.69, 9.17) is 17.3 Å². The zero-order valence-corrected chi connectivity index (χ0v) is 11.2. The van der Waals surface area contributed by atoms with Gasteiger partial charge in [0.25, 0.3) is 0 Å². The summed E-state index contributed by atoms with van der Waals surface area (Å²) in [5.41, 5.74) is 6.59. The Bertz CT molecular complexity index is 381. The lowest BCUT2D eigenvalue weighted by atomic mass is 10.0. The second kappa shape index (κ2) is 6.07. The Morgan fingerprint density at radius 2 is 2.00 bits per heavy atom. The molecule has 0 saturated heterocycles. The average molecular weight is 331 g/mol. The Morgan fingerprint density at radius 3 is 2.53 bits per heavy atom. The van der Waals surface area contributed by atoms with Crippen LogP contribution in [0.5, 0.6) is 0 Å². The molecule has 0 aliphatic carbocycles. The number of halogens is 5. The van der Waals surface area contributed by atoms with Gasteiger partial charge in [-0.1, -0.05) is 17.7 Å². The molecule has 96 valence electrons. The SMILES string of the molecule is NC(CCCC(F)(F)F)c1ccc(Cl)c(Br)c1. The number of nitrogens with two attached hydrogens (primary N) is 1. The molecule has 1 aromatic carbocycles. The van der Waals surface area contributed by atoms with E-state index >= 15 is 0 Å². The van der Waals surface area contributed by atoms with E-state index in [1.165, 1.54) is 0 Å². The Kier molecular flexibility index (Phi) is 5.28. The third-order valence-corrected chi connectivity index (χ3v) is 3.56. The highest BCUT2D eigenvalue weighted by atomic mass is 79.9. The number of hydrogen-bond donors (Lipinski definition) is 1. The number of alkyl halides is 3. The molecule has 17 heavy (non-hydrogen) atoms. The van der Waals surface area contributed by atoms with Gasteiger partial charge in [0.05, 0.1) is 5.02 Å². The van der Waals surface area contributed by atoms with Crippen LogP contribution in [0.25, 0.3) is 0 Å². The number of benzene rings is 1. The summed E-state index contributed by atoms with van der Waals surface area (Å²) in [5, 5.41) is 0.552. The summed E-state index contributed by atoms with van der Waals surface area (Å²) >= 11 is 9.06. The van der Waals surface area contributed by atoms with E-state index in [-0.39, 0.29) is 6.42 Å². The minimum absolute atomic E-state index is 0.0327. The van der Waals surface area contributed by atoms with Crippen LogP contribution in [-0.2, 0) is 0 Å². The van der Waals surface area contributed by atoms with Gasteiger partial charge in [-0.2, -0.15) is 13.2 Å². The summed E-state index contributed by atoms with van der Waals surface area (Å²) < 4.78 is 36.6. The molecule has 0 amide bonds. The van der Waals surface area contributed by atoms with E-state index in [0.29, 0.717) is 15.9 Å². The van der Waals surface area contributed by atoms with E-state index < -0.39 is 18.6 Å². The summed E-state index contributed by atoms with van der Waals surface area (Å²) in [6, 6.07) is 4.74. The van der Waals surface area contributed by atoms with Crippen molar-refractivity contribution >= 4 is 27.5 Å². The first-order chi connectivity index (χ1) is 7.79. The van der Waals surface area contributed by atoms with Gasteiger partial charge in [0.1, 0.15) is 0 Å². The Balaban J connectivity index is 2.52. The molecule has 6 heteroatoms. The van der Waals surface area contributed by atoms with Gasteiger partial charge in [0.2, 0.25) is 0 Å². The van der Waals surface area contributed by atoms with Crippen molar-refractivity contribution in [3.8, 4) is 0 Å². The lowest BCUT2D eigenvalue weighted by molar-refractivity contribution is -0.135. The van der Waals surface area contributed by atoms with Gasteiger partial charge in [-0.05, 0) is 46.5 Å². The first-order valence-corrected chi connectivity index (χ1v) is 6.24. The quantitative estimate of drug-likeness (QED) is 0.840. The Labute approximate surface area is 111 Å². The van der Waals surface area contributed by atoms with Crippen LogP contribution in [0.4, 0.5) is 13.2 Å². The lowest BCUT2D eigenvalue weighted by Crippen LogP contribution is -2.13. The zero-order chi connectivity index (χ0) is 13.1. The van der Waals surface area contributed by atoms with Crippen molar-refractivity contribution in [3.05, 3.63) is 33.3 Å². The molecule has 0 heterocycles. The van der Waals surface area contributed by atoms with Crippen LogP contribution in [0.15, 0.2) is 22.7 Å². The summed E-state index contributed by atoms with van der Waals surface area (Å²) in [6.45, 7) is 0. The number of hydrogen-bond acceptors (Lipinski definition) is 1. The van der Waals surface area contributed by atoms with Crippen molar-refractivity contribution in [3.63, 3.8) is 0 Å². The Hall–Kier alpha value is -0.260. The van der Waals surface area contributed by atoms with Crippen LogP contribution in [0, 0.1) is 0 Å². The molecule has 1 rings (SSSR count). The van der Waals surface area contributed by atoms with Crippen molar-refractivity contribution < 1.29 is 13.2 Å². The normalized spacial score (nSPS) is 13.8. The molecule has 0 fully saturated rings. The highest BCUT2D eigenvalue weighted by Crippen LogP contribution is 2.28. The predicted molar refractivity (Wildman–Crippen MR) is 66.0 cm³/mol. The molecule has 0 saturated carbocycles. The molecular formula is C11H12BrClF3N. The largest absolute Gasteiger partial charge is 0.389 e. The van der Waals surface area contributed by atoms with E-state index in [0.717, 1.165) is 5.56 Å². The third kappa shape index (κ3) is 5.27. The van der Waals surface area contributed by atoms with Crippen LogP contribution in [0.3, 0.4) is 0 Å². The molecule has 2 N–H and O–H groups in total. The van der Waals surface area contributed by atoms with Crippen LogP contribution in [0.1, 0.15) is 30.9 Å². The molecule has 0 spiro atoms. The standard InChI is InChI=1S/C11H12BrClF3N/c12-8-6-7(3-4-9(8)13)10(17)2-1-5-11(14,15)16/h3-4,6,10H,1-2,5,17H2. The molecule has 0 bridgehead atoms. The lowest BCUT2D eigenvalue weighted by Gasteiger charge is -2.13. The van der Waals surface area contributed by atoms with Gasteiger partial charge in [0.15, 0.2) is 0 Å². The predicted octanol–water partition coefficient (Wildman–Crippen LogP) is 4.83. The molecule has 1 atom stereocenters. The summed E-state index contributed by atoms with van der Waals surface area (Å²) in [5.74, 6) is 0. The minimum atomic E-state index is -4.11. The van der Waals surface area contributed by atoms with E-state index in [9.17, 15) is 13.2 Å². The zero-order valence-electron chi connectivity index (χ0n) is 8.90. The fourth-order valence-corrected chi connectivity index (χ4v) is 1.95. The van der Waals surface area contributed by atoms with Crippen LogP contribution in [-0.4, -0.2) is 6.18 Å². The van der Waals surface area contributed by atoms with Gasteiger partial charge >= 0.3 is 6.18 Å². The van der Waals surface area contributed by atoms with Crippen LogP contribution in [0.2, 0.25) is 5.02 Å². The van der Waals surface area contributed by atoms with E-state index in [1.807, 2.05) is 0 Å². The molecular weight excluding hydrogens is 318 g/mol. The molecule has 0 aromatic heterocycles. The topological polar surface area (TPSA) is 26.0 Å². The van der Waals surface area contributed by atoms with Gasteiger partial charge in [-0.25, -0.2) is 0 Å². The highest BCUT2D eigenvalue weighted by molar-refractivity contribution is 9.10. The maximum Gasteiger partial charge on any atom is 0.389 e. The minimum Gasteiger partial charge on any atom is -0.324 e. The van der Waals surface area contributed by atoms with Crippen LogP contribution < -0.4 is 5.73 Å². The first-order valence-electron chi connectivity index (χ1n) is 5.07. The van der Waals surface area contributed by atoms with Crippen molar-refractivity contribution in [2.45, 2.75) is 31.5 Å². The highest BCUT2D eigenvalue weighted by Gasteiger charge is 2.26. The van der Waals surface area contributed by atoms with Gasteiger partial charge in [-0.3, -0.25) is 0 Å². The average Bonchev–Trinajstić information content (AvgIpc) is 2.20. The second-order valence-electron chi connectivity index (χ2n) is 3.79. The maximum atomic E-state index is 12.0. The van der Waals surface area contributed by atoms with Crippen molar-refractivity contribution in [2.75, 3.05) is 0 Å². The van der Waals surface area contributed by atoms with Gasteiger partial charge < -0.3 is 5.73 Å². The second-order valence-corrected chi connectivity index (χ2v) is 5.05. The van der Waals surface area contributed by atoms with Crippen LogP contribution >= 0.6 is 27.5 Å². The smallest absolute Gasteiger partial charge is 0.324 e. The van der Waals surface area contributed by atoms with Crippen molar-refractivity contribution in [1.29, 1.82) is 0 Å². The summed E-state index contributed by atoms with van der Waals surface area (Å²) in [7, 11) is 0. The fraction of sp³-hybridized carbons (Fsp3) is 0.455. The Morgan fingerprint density at radius 1 is 1.35 bits per heavy atom. The van der Waals surface area contributed by atoms with Crippen molar-refractivity contribution in [2.24, 2.45) is 5.73 Å². The van der Waals surface area contributed by atoms with Crippen molar-refractivity contribution in [1.82, 2.24) is 0 Å². The van der Waals surface area contributed by atoms with E-state index in [1.54, 1.807) is 18.2 Å². The fourth-order valence-electron chi connectivity index (χ4n) is 1.43. The number of rotatable bonds is 4. The first kappa shape index (κ1) is 14.8. The third-order valence-electron chi connectivity index (χ3n) is 2.35. The molecule has 0 aliphatic rings. The molecule has 0 radical (unpaired) electrons. The molecule has 1 nitrogen and oxygen atoms in total. The summed E-state index contributed by atoms with van der Waals surface area (Å²) in [4.78, 5) is 0.